The lowest BCUT2D eigenvalue weighted by Crippen LogP contribution is -2.29. The highest BCUT2D eigenvalue weighted by molar-refractivity contribution is 7.47. The Bertz CT molecular complexity index is 1990. The summed E-state index contributed by atoms with van der Waals surface area (Å²) in [5, 5.41) is 0. The van der Waals surface area contributed by atoms with Gasteiger partial charge in [0.1, 0.15) is 6.61 Å². The van der Waals surface area contributed by atoms with Gasteiger partial charge in [0.05, 0.1) is 13.2 Å². The highest BCUT2D eigenvalue weighted by Gasteiger charge is 2.26. The molecular weight excluding hydrogens is 1000 g/mol. The summed E-state index contributed by atoms with van der Waals surface area (Å²) >= 11 is 0. The third-order valence-electron chi connectivity index (χ3n) is 11.5. The van der Waals surface area contributed by atoms with Crippen LogP contribution in [0.25, 0.3) is 0 Å². The third kappa shape index (κ3) is 61.9. The number of ether oxygens (including phenoxy) is 2. The van der Waals surface area contributed by atoms with Gasteiger partial charge in [0.25, 0.3) is 0 Å². The molecule has 0 amide bonds. The topological polar surface area (TPSA) is 134 Å². The SMILES string of the molecule is CC/C=C\C/C=C\C/C=C\C/C=C\C/C=C\C/C=C\C/C=C\C/C=C\CCCCCCCCC(=O)OC(COC(=O)CCCC/C=C\C/C=C\C/C=C\C/C=C\C/C=C\C/C=C\C/C=C\C/C=C\CC)COP(=O)(O)OCCN. The van der Waals surface area contributed by atoms with Crippen molar-refractivity contribution in [3.05, 3.63) is 194 Å². The fraction of sp³-hybridized carbons (Fsp3) is 0.507. The molecule has 0 aromatic carbocycles. The minimum Gasteiger partial charge on any atom is -0.462 e. The molecule has 0 fully saturated rings. The van der Waals surface area contributed by atoms with E-state index in [0.717, 1.165) is 154 Å². The quantitative estimate of drug-likeness (QED) is 0.0264. The number of carbonyl (C=O) groups excluding carboxylic acids is 2. The summed E-state index contributed by atoms with van der Waals surface area (Å²) < 4.78 is 33.0. The lowest BCUT2D eigenvalue weighted by atomic mass is 10.1. The second-order valence-electron chi connectivity index (χ2n) is 18.7. The summed E-state index contributed by atoms with van der Waals surface area (Å²) in [5.41, 5.74) is 5.38. The van der Waals surface area contributed by atoms with Gasteiger partial charge in [-0.25, -0.2) is 4.57 Å². The Morgan fingerprint density at radius 1 is 0.380 bits per heavy atom. The van der Waals surface area contributed by atoms with Crippen LogP contribution in [0.4, 0.5) is 0 Å². The standard InChI is InChI=1S/C69H106NO8P/c1-3-5-7-9-11-13-15-17-19-21-23-25-27-29-31-32-33-34-36-38-40-42-44-46-48-50-52-54-56-58-60-62-69(72)78-67(66-77-79(73,74)76-64-63-70)65-75-68(71)61-59-57-55-53-51-49-47-45-43-41-39-37-35-30-28-26-24-22-20-18-16-14-12-10-8-6-4-2/h5-8,11-14,17-20,23-26,29-31,33-35,38-41,44-47,51,53,67H,3-4,9-10,15-16,21-22,27-28,32,36-37,42-43,48-50,52,54-66,70H2,1-2H3,(H,73,74)/b7-5-,8-6-,13-11-,14-12-,19-17-,20-18-,25-23-,26-24-,31-29-,34-33-,35-30-,40-38-,41-39-,46-44-,47-45-,53-51-. The normalized spacial score (nSPS) is 14.4. The van der Waals surface area contributed by atoms with Crippen molar-refractivity contribution in [3.8, 4) is 0 Å². The average Bonchev–Trinajstić information content (AvgIpc) is 3.44. The van der Waals surface area contributed by atoms with Crippen LogP contribution in [-0.2, 0) is 32.7 Å². The number of allylic oxidation sites excluding steroid dienone is 32. The van der Waals surface area contributed by atoms with Crippen molar-refractivity contribution in [2.24, 2.45) is 5.73 Å². The van der Waals surface area contributed by atoms with Gasteiger partial charge in [-0.3, -0.25) is 18.6 Å². The van der Waals surface area contributed by atoms with E-state index in [4.69, 9.17) is 24.3 Å². The van der Waals surface area contributed by atoms with Crippen molar-refractivity contribution in [3.63, 3.8) is 0 Å². The maximum Gasteiger partial charge on any atom is 0.472 e. The summed E-state index contributed by atoms with van der Waals surface area (Å²) in [6.07, 6.45) is 94.8. The minimum atomic E-state index is -4.42. The van der Waals surface area contributed by atoms with Gasteiger partial charge in [0, 0.05) is 19.4 Å². The second kappa shape index (κ2) is 62.1. The number of esters is 2. The van der Waals surface area contributed by atoms with Crippen molar-refractivity contribution < 1.29 is 37.6 Å². The van der Waals surface area contributed by atoms with Gasteiger partial charge >= 0.3 is 19.8 Å². The van der Waals surface area contributed by atoms with E-state index in [-0.39, 0.29) is 32.6 Å². The van der Waals surface area contributed by atoms with Crippen LogP contribution in [0.15, 0.2) is 194 Å². The van der Waals surface area contributed by atoms with Crippen LogP contribution < -0.4 is 5.73 Å². The van der Waals surface area contributed by atoms with Gasteiger partial charge < -0.3 is 20.1 Å². The third-order valence-corrected chi connectivity index (χ3v) is 12.5. The van der Waals surface area contributed by atoms with Crippen LogP contribution in [0, 0.1) is 0 Å². The van der Waals surface area contributed by atoms with Crippen LogP contribution >= 0.6 is 7.82 Å². The molecular formula is C69H106NO8P. The highest BCUT2D eigenvalue weighted by Crippen LogP contribution is 2.43. The smallest absolute Gasteiger partial charge is 0.462 e. The van der Waals surface area contributed by atoms with Crippen LogP contribution in [0.2, 0.25) is 0 Å². The molecule has 0 rings (SSSR count). The molecule has 2 unspecified atom stereocenters. The first-order valence-electron chi connectivity index (χ1n) is 29.9. The van der Waals surface area contributed by atoms with Crippen molar-refractivity contribution in [2.45, 2.75) is 200 Å². The van der Waals surface area contributed by atoms with Crippen molar-refractivity contribution in [2.75, 3.05) is 26.4 Å². The van der Waals surface area contributed by atoms with Crippen LogP contribution in [0.1, 0.15) is 194 Å². The number of phosphoric ester groups is 1. The molecule has 2 atom stereocenters. The first-order valence-corrected chi connectivity index (χ1v) is 31.4. The van der Waals surface area contributed by atoms with E-state index in [1.165, 1.54) is 0 Å². The predicted octanol–water partition coefficient (Wildman–Crippen LogP) is 19.4. The second-order valence-corrected chi connectivity index (χ2v) is 20.2. The maximum absolute atomic E-state index is 12.7. The summed E-state index contributed by atoms with van der Waals surface area (Å²) in [5.74, 6) is -0.916. The molecule has 9 nitrogen and oxygen atoms in total. The monoisotopic (exact) mass is 1110 g/mol. The molecule has 79 heavy (non-hydrogen) atoms. The lowest BCUT2D eigenvalue weighted by Gasteiger charge is -2.19. The van der Waals surface area contributed by atoms with Gasteiger partial charge in [-0.2, -0.15) is 0 Å². The minimum absolute atomic E-state index is 0.0324. The molecule has 0 heterocycles. The van der Waals surface area contributed by atoms with Crippen molar-refractivity contribution >= 4 is 19.8 Å². The summed E-state index contributed by atoms with van der Waals surface area (Å²) in [7, 11) is -4.42. The van der Waals surface area contributed by atoms with Crippen molar-refractivity contribution in [1.82, 2.24) is 0 Å². The number of hydrogen-bond donors (Lipinski definition) is 2. The zero-order chi connectivity index (χ0) is 57.3. The van der Waals surface area contributed by atoms with Crippen molar-refractivity contribution in [1.29, 1.82) is 0 Å². The number of carbonyl (C=O) groups is 2. The Morgan fingerprint density at radius 3 is 1.00 bits per heavy atom. The molecule has 0 saturated heterocycles. The van der Waals surface area contributed by atoms with Gasteiger partial charge in [0.2, 0.25) is 0 Å². The number of phosphoric acid groups is 1. The largest absolute Gasteiger partial charge is 0.472 e. The number of rotatable bonds is 53. The molecule has 0 bridgehead atoms. The number of hydrogen-bond acceptors (Lipinski definition) is 8. The van der Waals surface area contributed by atoms with E-state index >= 15 is 0 Å². The predicted molar refractivity (Wildman–Crippen MR) is 338 cm³/mol. The fourth-order valence-electron chi connectivity index (χ4n) is 7.14. The molecule has 0 aliphatic carbocycles. The highest BCUT2D eigenvalue weighted by atomic mass is 31.2. The van der Waals surface area contributed by atoms with Gasteiger partial charge in [-0.1, -0.05) is 234 Å². The molecule has 0 aromatic heterocycles. The fourth-order valence-corrected chi connectivity index (χ4v) is 7.90. The Kier molecular flexibility index (Phi) is 58.0. The zero-order valence-corrected chi connectivity index (χ0v) is 49.9. The van der Waals surface area contributed by atoms with E-state index in [1.54, 1.807) is 0 Å². The molecule has 440 valence electrons. The number of nitrogens with two attached hydrogens (primary N) is 1. The molecule has 0 spiro atoms. The molecule has 0 saturated carbocycles. The van der Waals surface area contributed by atoms with E-state index in [2.05, 4.69) is 208 Å². The molecule has 3 N–H and O–H groups in total. The first kappa shape index (κ1) is 73.8. The van der Waals surface area contributed by atoms with Gasteiger partial charge in [0.15, 0.2) is 6.10 Å². The molecule has 0 radical (unpaired) electrons. The van der Waals surface area contributed by atoms with Gasteiger partial charge in [-0.05, 0) is 141 Å². The number of unbranched alkanes of at least 4 members (excludes halogenated alkanes) is 8. The van der Waals surface area contributed by atoms with E-state index in [9.17, 15) is 19.0 Å². The van der Waals surface area contributed by atoms with Crippen LogP contribution in [0.3, 0.4) is 0 Å². The average molecular weight is 1110 g/mol. The summed E-state index contributed by atoms with van der Waals surface area (Å²) in [6, 6.07) is 0. The molecule has 0 aliphatic rings. The molecule has 0 aliphatic heterocycles. The lowest BCUT2D eigenvalue weighted by molar-refractivity contribution is -0.161. The summed E-state index contributed by atoms with van der Waals surface area (Å²) in [4.78, 5) is 35.2. The van der Waals surface area contributed by atoms with Gasteiger partial charge in [-0.15, -0.1) is 0 Å². The van der Waals surface area contributed by atoms with E-state index in [1.807, 2.05) is 0 Å². The zero-order valence-electron chi connectivity index (χ0n) is 49.0. The Labute approximate surface area is 481 Å². The first-order chi connectivity index (χ1) is 38.8. The summed E-state index contributed by atoms with van der Waals surface area (Å²) in [6.45, 7) is 3.41. The van der Waals surface area contributed by atoms with Crippen LogP contribution in [0.5, 0.6) is 0 Å². The Hall–Kier alpha value is -5.15. The van der Waals surface area contributed by atoms with E-state index < -0.39 is 32.5 Å². The Balaban J connectivity index is 4.17. The molecule has 0 aromatic rings. The van der Waals surface area contributed by atoms with E-state index in [0.29, 0.717) is 12.8 Å². The molecule has 10 heteroatoms. The Morgan fingerprint density at radius 2 is 0.658 bits per heavy atom. The maximum atomic E-state index is 12.7. The van der Waals surface area contributed by atoms with Crippen LogP contribution in [-0.4, -0.2) is 49.3 Å².